The van der Waals surface area contributed by atoms with Crippen molar-refractivity contribution >= 4 is 39.1 Å². The van der Waals surface area contributed by atoms with Crippen LogP contribution in [-0.4, -0.2) is 10.5 Å². The molecule has 0 aliphatic heterocycles. The molecule has 2 rings (SSSR count). The van der Waals surface area contributed by atoms with E-state index in [0.29, 0.717) is 16.4 Å². The first-order valence-electron chi connectivity index (χ1n) is 6.02. The summed E-state index contributed by atoms with van der Waals surface area (Å²) in [6.45, 7) is 7.99. The second kappa shape index (κ2) is 5.72. The lowest BCUT2D eigenvalue weighted by atomic mass is 10.2. The van der Waals surface area contributed by atoms with Gasteiger partial charge in [0.2, 0.25) is 0 Å². The Kier molecular flexibility index (Phi) is 4.22. The summed E-state index contributed by atoms with van der Waals surface area (Å²) in [7, 11) is 0. The molecule has 19 heavy (non-hydrogen) atoms. The van der Waals surface area contributed by atoms with Crippen molar-refractivity contribution < 1.29 is 4.79 Å². The second-order valence-electron chi connectivity index (χ2n) is 4.48. The zero-order chi connectivity index (χ0) is 14.0. The number of nitrogens with zero attached hydrogens (tertiary/aromatic N) is 2. The molecule has 3 nitrogen and oxygen atoms in total. The topological polar surface area (TPSA) is 34.4 Å². The summed E-state index contributed by atoms with van der Waals surface area (Å²) in [5.74, 6) is -0.238. The molecule has 1 amide bonds. The average Bonchev–Trinajstić information content (AvgIpc) is 2.69. The maximum atomic E-state index is 11.8. The molecule has 0 atom stereocenters. The quantitative estimate of drug-likeness (QED) is 0.796. The standard InChI is InChI=1S/C14H15ClN2OS/c1-4-8-17-12-10(15)6-5-7-11(12)19-14(17)16-13(18)9(2)3/h4-7,9H,1,8H2,2-3H3. The highest BCUT2D eigenvalue weighted by molar-refractivity contribution is 7.16. The molecule has 0 aliphatic rings. The van der Waals surface area contributed by atoms with Crippen LogP contribution in [-0.2, 0) is 11.3 Å². The van der Waals surface area contributed by atoms with Gasteiger partial charge >= 0.3 is 0 Å². The van der Waals surface area contributed by atoms with Crippen LogP contribution in [0.3, 0.4) is 0 Å². The second-order valence-corrected chi connectivity index (χ2v) is 5.89. The van der Waals surface area contributed by atoms with Crippen LogP contribution in [0.1, 0.15) is 13.8 Å². The smallest absolute Gasteiger partial charge is 0.250 e. The first kappa shape index (κ1) is 14.0. The minimum atomic E-state index is -0.125. The lowest BCUT2D eigenvalue weighted by Crippen LogP contribution is -2.18. The van der Waals surface area contributed by atoms with Crippen LogP contribution in [0.4, 0.5) is 0 Å². The number of fused-ring (bicyclic) bond motifs is 1. The van der Waals surface area contributed by atoms with Gasteiger partial charge in [-0.3, -0.25) is 4.79 Å². The van der Waals surface area contributed by atoms with Gasteiger partial charge in [0.05, 0.1) is 15.2 Å². The monoisotopic (exact) mass is 294 g/mol. The Labute approximate surface area is 120 Å². The largest absolute Gasteiger partial charge is 0.311 e. The van der Waals surface area contributed by atoms with Crippen molar-refractivity contribution in [1.82, 2.24) is 4.57 Å². The molecule has 1 aromatic carbocycles. The molecule has 0 spiro atoms. The van der Waals surface area contributed by atoms with Crippen LogP contribution >= 0.6 is 22.9 Å². The summed E-state index contributed by atoms with van der Waals surface area (Å²) < 4.78 is 2.94. The highest BCUT2D eigenvalue weighted by Crippen LogP contribution is 2.25. The number of amides is 1. The molecule has 0 bridgehead atoms. The number of hydrogen-bond donors (Lipinski definition) is 0. The fourth-order valence-corrected chi connectivity index (χ4v) is 3.10. The van der Waals surface area contributed by atoms with Crippen molar-refractivity contribution in [3.8, 4) is 0 Å². The minimum absolute atomic E-state index is 0.113. The number of carbonyl (C=O) groups excluding carboxylic acids is 1. The summed E-state index contributed by atoms with van der Waals surface area (Å²) in [5, 5.41) is 0.661. The minimum Gasteiger partial charge on any atom is -0.311 e. The molecule has 5 heteroatoms. The molecule has 0 unspecified atom stereocenters. The maximum Gasteiger partial charge on any atom is 0.250 e. The third-order valence-corrected chi connectivity index (χ3v) is 4.01. The van der Waals surface area contributed by atoms with E-state index in [1.54, 1.807) is 6.08 Å². The predicted octanol–water partition coefficient (Wildman–Crippen LogP) is 3.63. The van der Waals surface area contributed by atoms with Gasteiger partial charge < -0.3 is 4.57 Å². The molecule has 0 N–H and O–H groups in total. The van der Waals surface area contributed by atoms with Gasteiger partial charge in [-0.2, -0.15) is 4.99 Å². The van der Waals surface area contributed by atoms with Gasteiger partial charge in [-0.15, -0.1) is 6.58 Å². The molecular weight excluding hydrogens is 280 g/mol. The Morgan fingerprint density at radius 1 is 1.58 bits per heavy atom. The van der Waals surface area contributed by atoms with Crippen molar-refractivity contribution in [2.75, 3.05) is 0 Å². The summed E-state index contributed by atoms with van der Waals surface area (Å²) in [5.41, 5.74) is 0.907. The molecule has 0 saturated heterocycles. The van der Waals surface area contributed by atoms with E-state index < -0.39 is 0 Å². The van der Waals surface area contributed by atoms with Gasteiger partial charge in [-0.25, -0.2) is 0 Å². The lowest BCUT2D eigenvalue weighted by molar-refractivity contribution is -0.120. The van der Waals surface area contributed by atoms with Crippen molar-refractivity contribution in [3.63, 3.8) is 0 Å². The van der Waals surface area contributed by atoms with Crippen molar-refractivity contribution in [1.29, 1.82) is 0 Å². The van der Waals surface area contributed by atoms with Crippen molar-refractivity contribution in [3.05, 3.63) is 40.7 Å². The number of carbonyl (C=O) groups is 1. The van der Waals surface area contributed by atoms with Gasteiger partial charge in [0.15, 0.2) is 4.80 Å². The fourth-order valence-electron chi connectivity index (χ4n) is 1.69. The van der Waals surface area contributed by atoms with Crippen LogP contribution in [0.5, 0.6) is 0 Å². The van der Waals surface area contributed by atoms with E-state index in [9.17, 15) is 4.79 Å². The Bertz CT molecular complexity index is 697. The Morgan fingerprint density at radius 3 is 2.95 bits per heavy atom. The van der Waals surface area contributed by atoms with E-state index in [4.69, 9.17) is 11.6 Å². The molecule has 100 valence electrons. The fraction of sp³-hybridized carbons (Fsp3) is 0.286. The highest BCUT2D eigenvalue weighted by Gasteiger charge is 2.11. The molecule has 0 fully saturated rings. The van der Waals surface area contributed by atoms with Crippen LogP contribution < -0.4 is 4.80 Å². The molecule has 0 saturated carbocycles. The molecule has 0 radical (unpaired) electrons. The van der Waals surface area contributed by atoms with Crippen LogP contribution in [0.25, 0.3) is 10.2 Å². The van der Waals surface area contributed by atoms with E-state index in [1.165, 1.54) is 11.3 Å². The van der Waals surface area contributed by atoms with E-state index in [1.807, 2.05) is 36.6 Å². The van der Waals surface area contributed by atoms with E-state index in [-0.39, 0.29) is 11.8 Å². The summed E-state index contributed by atoms with van der Waals surface area (Å²) in [6.07, 6.45) is 1.77. The zero-order valence-corrected chi connectivity index (χ0v) is 12.5. The number of aromatic nitrogens is 1. The average molecular weight is 295 g/mol. The maximum absolute atomic E-state index is 11.8. The molecular formula is C14H15ClN2OS. The van der Waals surface area contributed by atoms with Crippen molar-refractivity contribution in [2.45, 2.75) is 20.4 Å². The number of thiazole rings is 1. The third-order valence-electron chi connectivity index (χ3n) is 2.66. The first-order valence-corrected chi connectivity index (χ1v) is 7.21. The molecule has 2 aromatic rings. The van der Waals surface area contributed by atoms with Gasteiger partial charge in [0.25, 0.3) is 5.91 Å². The highest BCUT2D eigenvalue weighted by atomic mass is 35.5. The van der Waals surface area contributed by atoms with Gasteiger partial charge in [0, 0.05) is 12.5 Å². The number of benzene rings is 1. The lowest BCUT2D eigenvalue weighted by Gasteiger charge is -2.02. The summed E-state index contributed by atoms with van der Waals surface area (Å²) in [4.78, 5) is 16.7. The Hall–Kier alpha value is -1.39. The van der Waals surface area contributed by atoms with Gasteiger partial charge in [0.1, 0.15) is 0 Å². The van der Waals surface area contributed by atoms with Crippen LogP contribution in [0.2, 0.25) is 5.02 Å². The number of hydrogen-bond acceptors (Lipinski definition) is 2. The first-order chi connectivity index (χ1) is 9.04. The SMILES string of the molecule is C=CCn1c(=NC(=O)C(C)C)sc2cccc(Cl)c21. The van der Waals surface area contributed by atoms with Crippen LogP contribution in [0.15, 0.2) is 35.8 Å². The third kappa shape index (κ3) is 2.80. The number of allylic oxidation sites excluding steroid dienone is 1. The molecule has 1 heterocycles. The van der Waals surface area contributed by atoms with E-state index in [0.717, 1.165) is 10.2 Å². The van der Waals surface area contributed by atoms with E-state index >= 15 is 0 Å². The van der Waals surface area contributed by atoms with E-state index in [2.05, 4.69) is 11.6 Å². The van der Waals surface area contributed by atoms with Crippen LogP contribution in [0, 0.1) is 5.92 Å². The van der Waals surface area contributed by atoms with Crippen molar-refractivity contribution in [2.24, 2.45) is 10.9 Å². The Balaban J connectivity index is 2.74. The van der Waals surface area contributed by atoms with Gasteiger partial charge in [-0.1, -0.05) is 48.9 Å². The molecule has 1 aromatic heterocycles. The normalized spacial score (nSPS) is 12.3. The Morgan fingerprint density at radius 2 is 2.32 bits per heavy atom. The zero-order valence-electron chi connectivity index (χ0n) is 10.9. The summed E-state index contributed by atoms with van der Waals surface area (Å²) >= 11 is 7.70. The number of halogens is 1. The molecule has 0 aliphatic carbocycles. The van der Waals surface area contributed by atoms with Gasteiger partial charge in [-0.05, 0) is 12.1 Å². The summed E-state index contributed by atoms with van der Waals surface area (Å²) in [6, 6.07) is 5.71. The number of para-hydroxylation sites is 1. The number of rotatable bonds is 3. The predicted molar refractivity (Wildman–Crippen MR) is 80.4 cm³/mol.